The monoisotopic (exact) mass is 294 g/mol. The number of carbonyl (C=O) groups excluding carboxylic acids is 2. The second-order valence-corrected chi connectivity index (χ2v) is 5.52. The van der Waals surface area contributed by atoms with Crippen LogP contribution in [0.2, 0.25) is 0 Å². The Morgan fingerprint density at radius 2 is 1.82 bits per heavy atom. The van der Waals surface area contributed by atoms with Gasteiger partial charge in [0.2, 0.25) is 5.91 Å². The Balaban J connectivity index is 1.61. The summed E-state index contributed by atoms with van der Waals surface area (Å²) in [5.41, 5.74) is 2.73. The Hall–Kier alpha value is -2.62. The Kier molecular flexibility index (Phi) is 3.92. The molecule has 112 valence electrons. The lowest BCUT2D eigenvalue weighted by Gasteiger charge is -2.18. The van der Waals surface area contributed by atoms with Gasteiger partial charge in [0, 0.05) is 12.1 Å². The van der Waals surface area contributed by atoms with E-state index in [4.69, 9.17) is 0 Å². The van der Waals surface area contributed by atoms with Crippen molar-refractivity contribution in [3.8, 4) is 0 Å². The Labute approximate surface area is 129 Å². The number of amides is 2. The highest BCUT2D eigenvalue weighted by Gasteiger charge is 2.28. The summed E-state index contributed by atoms with van der Waals surface area (Å²) in [5, 5.41) is 2.94. The van der Waals surface area contributed by atoms with E-state index in [0.29, 0.717) is 12.1 Å². The molecule has 0 aromatic heterocycles. The number of rotatable bonds is 4. The van der Waals surface area contributed by atoms with Crippen molar-refractivity contribution in [2.75, 3.05) is 6.54 Å². The molecule has 1 aliphatic rings. The van der Waals surface area contributed by atoms with Crippen LogP contribution in [0.5, 0.6) is 0 Å². The van der Waals surface area contributed by atoms with Crippen LogP contribution in [0.25, 0.3) is 0 Å². The molecule has 0 saturated carbocycles. The van der Waals surface area contributed by atoms with Crippen LogP contribution in [0, 0.1) is 0 Å². The zero-order chi connectivity index (χ0) is 15.5. The summed E-state index contributed by atoms with van der Waals surface area (Å²) in [6.45, 7) is 2.53. The highest BCUT2D eigenvalue weighted by Crippen LogP contribution is 2.22. The molecule has 2 aromatic rings. The third-order valence-electron chi connectivity index (χ3n) is 3.91. The second-order valence-electron chi connectivity index (χ2n) is 5.52. The zero-order valence-electron chi connectivity index (χ0n) is 12.5. The van der Waals surface area contributed by atoms with Gasteiger partial charge in [0.15, 0.2) is 0 Å². The maximum Gasteiger partial charge on any atom is 0.254 e. The number of benzene rings is 2. The Bertz CT molecular complexity index is 697. The van der Waals surface area contributed by atoms with E-state index in [-0.39, 0.29) is 24.4 Å². The summed E-state index contributed by atoms with van der Waals surface area (Å²) < 4.78 is 0. The van der Waals surface area contributed by atoms with Gasteiger partial charge in [-0.2, -0.15) is 0 Å². The van der Waals surface area contributed by atoms with Crippen molar-refractivity contribution >= 4 is 11.8 Å². The van der Waals surface area contributed by atoms with E-state index in [9.17, 15) is 9.59 Å². The topological polar surface area (TPSA) is 49.4 Å². The minimum atomic E-state index is -0.141. The molecule has 1 aliphatic heterocycles. The molecule has 0 bridgehead atoms. The average Bonchev–Trinajstić information content (AvgIpc) is 2.84. The molecule has 1 N–H and O–H groups in total. The molecule has 0 fully saturated rings. The highest BCUT2D eigenvalue weighted by atomic mass is 16.2. The summed E-state index contributed by atoms with van der Waals surface area (Å²) in [6, 6.07) is 17.2. The van der Waals surface area contributed by atoms with Crippen molar-refractivity contribution in [2.45, 2.75) is 19.5 Å². The second kappa shape index (κ2) is 6.02. The summed E-state index contributed by atoms with van der Waals surface area (Å²) in [7, 11) is 0. The molecule has 22 heavy (non-hydrogen) atoms. The van der Waals surface area contributed by atoms with Gasteiger partial charge in [-0.25, -0.2) is 0 Å². The minimum absolute atomic E-state index is 0.0712. The van der Waals surface area contributed by atoms with Crippen LogP contribution in [0.4, 0.5) is 0 Å². The van der Waals surface area contributed by atoms with Crippen LogP contribution in [0.3, 0.4) is 0 Å². The minimum Gasteiger partial charge on any atom is -0.348 e. The van der Waals surface area contributed by atoms with Gasteiger partial charge in [0.05, 0.1) is 6.04 Å². The van der Waals surface area contributed by atoms with Gasteiger partial charge in [0.1, 0.15) is 6.54 Å². The maximum atomic E-state index is 12.2. The SMILES string of the molecule is C[C@H](NC(=O)CN1Cc2ccccc2C1=O)c1ccccc1. The zero-order valence-corrected chi connectivity index (χ0v) is 12.5. The molecule has 0 unspecified atom stereocenters. The van der Waals surface area contributed by atoms with Crippen LogP contribution in [-0.4, -0.2) is 23.3 Å². The lowest BCUT2D eigenvalue weighted by molar-refractivity contribution is -0.122. The van der Waals surface area contributed by atoms with Crippen molar-refractivity contribution in [1.82, 2.24) is 10.2 Å². The first-order chi connectivity index (χ1) is 10.6. The average molecular weight is 294 g/mol. The third kappa shape index (κ3) is 2.86. The third-order valence-corrected chi connectivity index (χ3v) is 3.91. The Morgan fingerprint density at radius 1 is 1.14 bits per heavy atom. The number of nitrogens with one attached hydrogen (secondary N) is 1. The van der Waals surface area contributed by atoms with E-state index < -0.39 is 0 Å². The molecule has 4 nitrogen and oxygen atoms in total. The van der Waals surface area contributed by atoms with Gasteiger partial charge < -0.3 is 10.2 Å². The smallest absolute Gasteiger partial charge is 0.254 e. The number of hydrogen-bond donors (Lipinski definition) is 1. The van der Waals surface area contributed by atoms with Crippen molar-refractivity contribution in [3.05, 3.63) is 71.3 Å². The number of fused-ring (bicyclic) bond motifs is 1. The van der Waals surface area contributed by atoms with Gasteiger partial charge in [-0.3, -0.25) is 9.59 Å². The lowest BCUT2D eigenvalue weighted by atomic mass is 10.1. The van der Waals surface area contributed by atoms with Crippen LogP contribution in [-0.2, 0) is 11.3 Å². The molecule has 1 atom stereocenters. The van der Waals surface area contributed by atoms with E-state index in [1.165, 1.54) is 0 Å². The molecule has 2 amide bonds. The van der Waals surface area contributed by atoms with E-state index >= 15 is 0 Å². The first-order valence-corrected chi connectivity index (χ1v) is 7.36. The van der Waals surface area contributed by atoms with E-state index in [2.05, 4.69) is 5.32 Å². The predicted octanol–water partition coefficient (Wildman–Crippen LogP) is 2.52. The fourth-order valence-corrected chi connectivity index (χ4v) is 2.73. The number of nitrogens with zero attached hydrogens (tertiary/aromatic N) is 1. The summed E-state index contributed by atoms with van der Waals surface area (Å²) in [4.78, 5) is 26.0. The van der Waals surface area contributed by atoms with Gasteiger partial charge >= 0.3 is 0 Å². The quantitative estimate of drug-likeness (QED) is 0.942. The lowest BCUT2D eigenvalue weighted by Crippen LogP contribution is -2.38. The number of hydrogen-bond acceptors (Lipinski definition) is 2. The summed E-state index contributed by atoms with van der Waals surface area (Å²) >= 11 is 0. The van der Waals surface area contributed by atoms with Crippen LogP contribution < -0.4 is 5.32 Å². The fourth-order valence-electron chi connectivity index (χ4n) is 2.73. The van der Waals surface area contributed by atoms with Gasteiger partial charge in [0.25, 0.3) is 5.91 Å². The van der Waals surface area contributed by atoms with Crippen molar-refractivity contribution < 1.29 is 9.59 Å². The number of carbonyl (C=O) groups is 2. The molecule has 2 aromatic carbocycles. The molecular formula is C18H18N2O2. The first kappa shape index (κ1) is 14.3. The van der Waals surface area contributed by atoms with Crippen molar-refractivity contribution in [1.29, 1.82) is 0 Å². The van der Waals surface area contributed by atoms with Crippen LogP contribution >= 0.6 is 0 Å². The fraction of sp³-hybridized carbons (Fsp3) is 0.222. The molecule has 3 rings (SSSR count). The standard InChI is InChI=1S/C18H18N2O2/c1-13(14-7-3-2-4-8-14)19-17(21)12-20-11-15-9-5-6-10-16(15)18(20)22/h2-10,13H,11-12H2,1H3,(H,19,21)/t13-/m0/s1. The molecule has 1 heterocycles. The van der Waals surface area contributed by atoms with Crippen molar-refractivity contribution in [3.63, 3.8) is 0 Å². The maximum absolute atomic E-state index is 12.2. The summed E-state index contributed by atoms with van der Waals surface area (Å²) in [6.07, 6.45) is 0. The van der Waals surface area contributed by atoms with Gasteiger partial charge in [-0.05, 0) is 24.1 Å². The van der Waals surface area contributed by atoms with E-state index in [1.54, 1.807) is 4.90 Å². The van der Waals surface area contributed by atoms with E-state index in [1.807, 2.05) is 61.5 Å². The molecule has 0 radical (unpaired) electrons. The predicted molar refractivity (Wildman–Crippen MR) is 84.2 cm³/mol. The molecule has 0 saturated heterocycles. The van der Waals surface area contributed by atoms with Gasteiger partial charge in [-0.15, -0.1) is 0 Å². The van der Waals surface area contributed by atoms with Crippen LogP contribution in [0.1, 0.15) is 34.5 Å². The van der Waals surface area contributed by atoms with Gasteiger partial charge in [-0.1, -0.05) is 48.5 Å². The van der Waals surface area contributed by atoms with Crippen LogP contribution in [0.15, 0.2) is 54.6 Å². The van der Waals surface area contributed by atoms with Crippen molar-refractivity contribution in [2.24, 2.45) is 0 Å². The largest absolute Gasteiger partial charge is 0.348 e. The first-order valence-electron chi connectivity index (χ1n) is 7.36. The highest BCUT2D eigenvalue weighted by molar-refractivity contribution is 6.00. The molecule has 0 spiro atoms. The Morgan fingerprint density at radius 3 is 2.55 bits per heavy atom. The molecule has 4 heteroatoms. The summed E-state index contributed by atoms with van der Waals surface area (Å²) in [5.74, 6) is -0.212. The van der Waals surface area contributed by atoms with E-state index in [0.717, 1.165) is 11.1 Å². The molecule has 0 aliphatic carbocycles. The normalized spacial score (nSPS) is 14.6. The molecular weight excluding hydrogens is 276 g/mol.